The van der Waals surface area contributed by atoms with Crippen LogP contribution in [0.2, 0.25) is 0 Å². The van der Waals surface area contributed by atoms with E-state index >= 15 is 0 Å². The highest BCUT2D eigenvalue weighted by atomic mass is 16.4. The molecule has 1 rings (SSSR count). The molecule has 0 aliphatic heterocycles. The maximum absolute atomic E-state index is 11.6. The van der Waals surface area contributed by atoms with E-state index in [1.54, 1.807) is 0 Å². The maximum Gasteiger partial charge on any atom is 0.315 e. The summed E-state index contributed by atoms with van der Waals surface area (Å²) < 4.78 is 0. The van der Waals surface area contributed by atoms with Gasteiger partial charge in [-0.05, 0) is 33.6 Å². The summed E-state index contributed by atoms with van der Waals surface area (Å²) in [6.45, 7) is 5.86. The van der Waals surface area contributed by atoms with Crippen LogP contribution in [-0.4, -0.2) is 29.2 Å². The summed E-state index contributed by atoms with van der Waals surface area (Å²) >= 11 is 0. The Morgan fingerprint density at radius 2 is 1.76 bits per heavy atom. The summed E-state index contributed by atoms with van der Waals surface area (Å²) in [6.07, 6.45) is 3.15. The van der Waals surface area contributed by atoms with Crippen molar-refractivity contribution in [2.75, 3.05) is 6.54 Å². The van der Waals surface area contributed by atoms with Gasteiger partial charge in [0.05, 0.1) is 5.41 Å². The largest absolute Gasteiger partial charge is 0.481 e. The lowest BCUT2D eigenvalue weighted by Gasteiger charge is -2.26. The Hall–Kier alpha value is -1.26. The van der Waals surface area contributed by atoms with E-state index in [1.165, 1.54) is 0 Å². The molecule has 0 spiro atoms. The Kier molecular flexibility index (Phi) is 4.01. The zero-order chi connectivity index (χ0) is 13.1. The van der Waals surface area contributed by atoms with Crippen LogP contribution in [0.3, 0.4) is 0 Å². The second-order valence-electron chi connectivity index (χ2n) is 5.85. The number of carbonyl (C=O) groups is 2. The minimum Gasteiger partial charge on any atom is -0.481 e. The molecule has 0 aromatic rings. The molecule has 0 aromatic heterocycles. The molecule has 0 unspecified atom stereocenters. The Balaban J connectivity index is 2.48. The van der Waals surface area contributed by atoms with E-state index in [-0.39, 0.29) is 18.1 Å². The van der Waals surface area contributed by atoms with Gasteiger partial charge in [0.15, 0.2) is 0 Å². The molecule has 0 atom stereocenters. The number of hydrogen-bond donors (Lipinski definition) is 3. The summed E-state index contributed by atoms with van der Waals surface area (Å²) in [7, 11) is 0. The summed E-state index contributed by atoms with van der Waals surface area (Å²) in [5.41, 5.74) is -1.06. The normalized spacial score (nSPS) is 18.8. The van der Waals surface area contributed by atoms with Gasteiger partial charge in [-0.25, -0.2) is 4.79 Å². The molecule has 0 aromatic carbocycles. The predicted octanol–water partition coefficient (Wildman–Crippen LogP) is 1.73. The molecular formula is C12H22N2O3. The molecule has 2 amide bonds. The Bertz CT molecular complexity index is 301. The molecule has 0 radical (unpaired) electrons. The third-order valence-electron chi connectivity index (χ3n) is 3.09. The Morgan fingerprint density at radius 3 is 2.18 bits per heavy atom. The van der Waals surface area contributed by atoms with Crippen LogP contribution in [0.15, 0.2) is 0 Å². The van der Waals surface area contributed by atoms with E-state index in [0.29, 0.717) is 12.8 Å². The van der Waals surface area contributed by atoms with E-state index in [9.17, 15) is 14.7 Å². The van der Waals surface area contributed by atoms with Crippen LogP contribution < -0.4 is 10.6 Å². The van der Waals surface area contributed by atoms with Gasteiger partial charge >= 0.3 is 12.0 Å². The van der Waals surface area contributed by atoms with Crippen molar-refractivity contribution in [2.45, 2.75) is 52.0 Å². The smallest absolute Gasteiger partial charge is 0.315 e. The minimum atomic E-state index is -0.800. The number of aliphatic carboxylic acids is 1. The van der Waals surface area contributed by atoms with Gasteiger partial charge in [-0.3, -0.25) is 4.79 Å². The fraction of sp³-hybridized carbons (Fsp3) is 0.833. The molecule has 1 saturated carbocycles. The fourth-order valence-corrected chi connectivity index (χ4v) is 2.15. The topological polar surface area (TPSA) is 78.4 Å². The summed E-state index contributed by atoms with van der Waals surface area (Å²) in [5.74, 6) is -0.800. The molecule has 98 valence electrons. The first-order chi connectivity index (χ1) is 7.75. The van der Waals surface area contributed by atoms with Gasteiger partial charge in [0.2, 0.25) is 0 Å². The highest BCUT2D eigenvalue weighted by Gasteiger charge is 2.41. The van der Waals surface area contributed by atoms with Crippen LogP contribution in [0.5, 0.6) is 0 Å². The molecule has 1 aliphatic carbocycles. The van der Waals surface area contributed by atoms with Gasteiger partial charge in [-0.1, -0.05) is 12.8 Å². The third kappa shape index (κ3) is 3.91. The predicted molar refractivity (Wildman–Crippen MR) is 64.8 cm³/mol. The third-order valence-corrected chi connectivity index (χ3v) is 3.09. The van der Waals surface area contributed by atoms with Crippen LogP contribution in [0, 0.1) is 5.41 Å². The van der Waals surface area contributed by atoms with Crippen molar-refractivity contribution in [1.29, 1.82) is 0 Å². The number of carboxylic acids is 1. The van der Waals surface area contributed by atoms with Crippen molar-refractivity contribution in [1.82, 2.24) is 10.6 Å². The molecule has 5 heteroatoms. The highest BCUT2D eigenvalue weighted by molar-refractivity contribution is 5.78. The van der Waals surface area contributed by atoms with E-state index < -0.39 is 11.4 Å². The molecule has 17 heavy (non-hydrogen) atoms. The monoisotopic (exact) mass is 242 g/mol. The van der Waals surface area contributed by atoms with Crippen molar-refractivity contribution in [3.63, 3.8) is 0 Å². The van der Waals surface area contributed by atoms with Gasteiger partial charge in [0.1, 0.15) is 0 Å². The average Bonchev–Trinajstić information content (AvgIpc) is 2.61. The van der Waals surface area contributed by atoms with Gasteiger partial charge in [0, 0.05) is 12.1 Å². The van der Waals surface area contributed by atoms with Gasteiger partial charge in [-0.15, -0.1) is 0 Å². The molecule has 1 aliphatic rings. The summed E-state index contributed by atoms with van der Waals surface area (Å²) in [4.78, 5) is 22.8. The van der Waals surface area contributed by atoms with Crippen LogP contribution in [0.1, 0.15) is 46.5 Å². The second-order valence-corrected chi connectivity index (χ2v) is 5.85. The molecule has 0 heterocycles. The first-order valence-electron chi connectivity index (χ1n) is 6.05. The standard InChI is InChI=1S/C12H22N2O3/c1-11(2,3)14-10(17)13-8-12(9(15)16)6-4-5-7-12/h4-8H2,1-3H3,(H,15,16)(H2,13,14,17). The van der Waals surface area contributed by atoms with Gasteiger partial charge < -0.3 is 15.7 Å². The van der Waals surface area contributed by atoms with Crippen molar-refractivity contribution < 1.29 is 14.7 Å². The molecule has 0 saturated heterocycles. The first kappa shape index (κ1) is 13.8. The first-order valence-corrected chi connectivity index (χ1v) is 6.05. The van der Waals surface area contributed by atoms with Gasteiger partial charge in [-0.2, -0.15) is 0 Å². The second kappa shape index (κ2) is 4.94. The van der Waals surface area contributed by atoms with E-state index in [2.05, 4.69) is 10.6 Å². The summed E-state index contributed by atoms with van der Waals surface area (Å²) in [5, 5.41) is 14.7. The van der Waals surface area contributed by atoms with Crippen LogP contribution >= 0.6 is 0 Å². The SMILES string of the molecule is CC(C)(C)NC(=O)NCC1(C(=O)O)CCCC1. The number of urea groups is 1. The fourth-order valence-electron chi connectivity index (χ4n) is 2.15. The summed E-state index contributed by atoms with van der Waals surface area (Å²) in [6, 6.07) is -0.301. The van der Waals surface area contributed by atoms with Gasteiger partial charge in [0.25, 0.3) is 0 Å². The number of rotatable bonds is 3. The minimum absolute atomic E-state index is 0.213. The Morgan fingerprint density at radius 1 is 1.24 bits per heavy atom. The molecule has 0 bridgehead atoms. The molecule has 1 fully saturated rings. The maximum atomic E-state index is 11.6. The molecule has 3 N–H and O–H groups in total. The Labute approximate surface area is 102 Å². The lowest BCUT2D eigenvalue weighted by atomic mass is 9.86. The van der Waals surface area contributed by atoms with Crippen molar-refractivity contribution in [3.05, 3.63) is 0 Å². The van der Waals surface area contributed by atoms with Crippen molar-refractivity contribution in [3.8, 4) is 0 Å². The quantitative estimate of drug-likeness (QED) is 0.705. The van der Waals surface area contributed by atoms with E-state index in [1.807, 2.05) is 20.8 Å². The lowest BCUT2D eigenvalue weighted by Crippen LogP contribution is -2.50. The van der Waals surface area contributed by atoms with Crippen LogP contribution in [0.4, 0.5) is 4.79 Å². The van der Waals surface area contributed by atoms with Crippen molar-refractivity contribution >= 4 is 12.0 Å². The molecule has 5 nitrogen and oxygen atoms in total. The lowest BCUT2D eigenvalue weighted by molar-refractivity contribution is -0.148. The van der Waals surface area contributed by atoms with E-state index in [0.717, 1.165) is 12.8 Å². The zero-order valence-corrected chi connectivity index (χ0v) is 10.8. The molecular weight excluding hydrogens is 220 g/mol. The zero-order valence-electron chi connectivity index (χ0n) is 10.8. The van der Waals surface area contributed by atoms with E-state index in [4.69, 9.17) is 0 Å². The number of carbonyl (C=O) groups excluding carboxylic acids is 1. The number of amides is 2. The number of hydrogen-bond acceptors (Lipinski definition) is 2. The van der Waals surface area contributed by atoms with Crippen molar-refractivity contribution in [2.24, 2.45) is 5.41 Å². The average molecular weight is 242 g/mol. The number of nitrogens with one attached hydrogen (secondary N) is 2. The van der Waals surface area contributed by atoms with Crippen LogP contribution in [-0.2, 0) is 4.79 Å². The van der Waals surface area contributed by atoms with Crippen LogP contribution in [0.25, 0.3) is 0 Å². The number of carboxylic acid groups (broad SMARTS) is 1. The highest BCUT2D eigenvalue weighted by Crippen LogP contribution is 2.37.